The number of aryl methyl sites for hydroxylation is 1. The summed E-state index contributed by atoms with van der Waals surface area (Å²) in [5, 5.41) is 18.9. The van der Waals surface area contributed by atoms with Crippen molar-refractivity contribution in [1.29, 1.82) is 0 Å². The van der Waals surface area contributed by atoms with Gasteiger partial charge in [0.2, 0.25) is 13.2 Å². The smallest absolute Gasteiger partial charge is 0.204 e. The first-order valence-corrected chi connectivity index (χ1v) is 89.8. The van der Waals surface area contributed by atoms with Crippen molar-refractivity contribution in [3.63, 3.8) is 0 Å². The van der Waals surface area contributed by atoms with Gasteiger partial charge in [-0.3, -0.25) is 14.2 Å². The molecule has 128 heavy (non-hydrogen) atoms. The molecule has 0 radical (unpaired) electrons. The number of aliphatic hydroxyl groups is 2. The van der Waals surface area contributed by atoms with Gasteiger partial charge < -0.3 is 19.5 Å². The Morgan fingerprint density at radius 3 is 1.16 bits per heavy atom. The molecule has 0 saturated heterocycles. The lowest BCUT2D eigenvalue weighted by molar-refractivity contribution is -0.112. The van der Waals surface area contributed by atoms with Crippen LogP contribution in [0.1, 0.15) is 208 Å². The predicted octanol–water partition coefficient (Wildman–Crippen LogP) is 19.1. The standard InChI is InChI=1S/C16H16O.C16H18O.C14H16.C10H15O2P.2C7H12O.C7H10O.CH4.S12.S11.S10.S9/c1-11(17)16-14-8-4-2-6-12(14)10-13-7-3-5-9-15(13)16;1-15(17)11-7-4-2-3-5-8-12-16-13-9-6-10-14-16;1-2-3-4-5-6-8-11-14-12-9-7-10-13-14;1-3-12-13(2,11)9-10-7-5-4-6-8-10;3*1-2-3-4-5-6-7-8;;1-3-5-7-9-11-12-10-8-6-4-2;1-3-5-7-9-11-10-8-6-4-2;1-3-5-7-9-10-8-6-4-2;1-3-5-7-9-8-6-4-2/h2,4,6,8,10H,3,5,7,9H2,1H3;6,8-10,12-14H,2-5H2,1H3;1,7-13H,3-6H2;4-8H,3,9H2,1-2H3;8H,2-3,6-7H2,1H3;1,8H,3-7H2;1,7H,3-6H2;1H4;;;;/b;12-8+;11-8+;;;;;;;;;. The van der Waals surface area contributed by atoms with Crippen molar-refractivity contribution in [2.24, 2.45) is 0 Å². The fourth-order valence-electron chi connectivity index (χ4n) is 8.55. The highest BCUT2D eigenvalue weighted by molar-refractivity contribution is 8.76. The van der Waals surface area contributed by atoms with Gasteiger partial charge in [0.05, 0.1) is 13.2 Å². The van der Waals surface area contributed by atoms with E-state index >= 15 is 0 Å². The van der Waals surface area contributed by atoms with Crippen LogP contribution in [0.5, 0.6) is 0 Å². The molecular formula is C78H103O7PS42. The van der Waals surface area contributed by atoms with Crippen molar-refractivity contribution < 1.29 is 33.7 Å². The molecule has 1 unspecified atom stereocenters. The molecule has 6 rings (SSSR count). The highest BCUT2D eigenvalue weighted by atomic mass is 33.5. The van der Waals surface area contributed by atoms with E-state index in [-0.39, 0.29) is 25.6 Å². The van der Waals surface area contributed by atoms with Gasteiger partial charge in [-0.05, 0) is 155 Å². The second-order valence-electron chi connectivity index (χ2n) is 22.4. The number of aldehydes is 1. The third-order valence-corrected chi connectivity index (χ3v) is 81.6. The Morgan fingerprint density at radius 2 is 0.797 bits per heavy atom. The molecule has 0 aromatic heterocycles. The Balaban J connectivity index is -0.000000323. The topological polar surface area (TPSA) is 118 Å². The number of fused-ring (bicyclic) bond motifs is 2. The minimum Gasteiger partial charge on any atom is -0.396 e. The summed E-state index contributed by atoms with van der Waals surface area (Å²) in [4.78, 5) is 32.2. The van der Waals surface area contributed by atoms with Crippen LogP contribution in [0.25, 0.3) is 22.9 Å². The number of aliphatic hydroxyl groups excluding tert-OH is 2. The van der Waals surface area contributed by atoms with Crippen LogP contribution in [0.4, 0.5) is 0 Å². The highest BCUT2D eigenvalue weighted by Crippen LogP contribution is 2.46. The molecule has 0 spiro atoms. The van der Waals surface area contributed by atoms with E-state index in [1.165, 1.54) is 125 Å². The summed E-state index contributed by atoms with van der Waals surface area (Å²) in [5.41, 5.74) is 7.25. The van der Waals surface area contributed by atoms with Crippen LogP contribution in [-0.2, 0) is 429 Å². The number of benzene rings is 5. The molecule has 1 aliphatic rings. The van der Waals surface area contributed by atoms with Crippen molar-refractivity contribution in [2.45, 2.75) is 189 Å². The van der Waals surface area contributed by atoms with Gasteiger partial charge >= 0.3 is 0 Å². The average molecular weight is 2530 g/mol. The number of carbonyl (C=O) groups excluding carboxylic acids is 3. The minimum absolute atomic E-state index is 0. The van der Waals surface area contributed by atoms with Crippen molar-refractivity contribution in [3.05, 3.63) is 167 Å². The second-order valence-corrected chi connectivity index (χ2v) is 85.1. The van der Waals surface area contributed by atoms with Crippen LogP contribution in [-0.4, -0.2) is 54.6 Å². The van der Waals surface area contributed by atoms with Gasteiger partial charge in [0.1, 0.15) is 6.29 Å². The number of rotatable bonds is 25. The van der Waals surface area contributed by atoms with Crippen molar-refractivity contribution in [1.82, 2.24) is 0 Å². The molecule has 50 heteroatoms. The fourth-order valence-corrected chi connectivity index (χ4v) is 81.4. The maximum Gasteiger partial charge on any atom is 0.204 e. The summed E-state index contributed by atoms with van der Waals surface area (Å²) in [7, 11) is 51.9. The predicted molar refractivity (Wildman–Crippen MR) is 679 cm³/mol. The molecule has 7 nitrogen and oxygen atoms in total. The number of carbonyl (C=O) groups is 3. The molecule has 5 aromatic rings. The van der Waals surface area contributed by atoms with Crippen molar-refractivity contribution in [2.75, 3.05) is 26.5 Å². The van der Waals surface area contributed by atoms with E-state index < -0.39 is 7.37 Å². The molecule has 0 bridgehead atoms. The van der Waals surface area contributed by atoms with Gasteiger partial charge in [0.25, 0.3) is 0 Å². The molecule has 0 amide bonds. The molecule has 714 valence electrons. The lowest BCUT2D eigenvalue weighted by Gasteiger charge is -2.20. The Labute approximate surface area is 900 Å². The summed E-state index contributed by atoms with van der Waals surface area (Å²) in [6.45, 7) is 9.83. The Morgan fingerprint density at radius 1 is 0.438 bits per heavy atom. The lowest BCUT2D eigenvalue weighted by Crippen LogP contribution is -2.09. The summed E-state index contributed by atoms with van der Waals surface area (Å²) in [6, 6.07) is 40.9. The number of Topliss-reactive ketones (excluding diaryl/α,β-unsaturated/α-hetero) is 2. The van der Waals surface area contributed by atoms with Gasteiger partial charge in [0.15, 0.2) is 5.78 Å². The molecule has 0 aliphatic heterocycles. The van der Waals surface area contributed by atoms with Gasteiger partial charge in [-0.2, -0.15) is 0 Å². The van der Waals surface area contributed by atoms with Gasteiger partial charge in [-0.25, -0.2) is 0 Å². The molecular weight excluding hydrogens is 2430 g/mol. The van der Waals surface area contributed by atoms with Crippen LogP contribution < -0.4 is 0 Å². The second kappa shape index (κ2) is 121. The third kappa shape index (κ3) is 110. The molecule has 1 atom stereocenters. The molecule has 1 aliphatic carbocycles. The monoisotopic (exact) mass is 2530 g/mol. The van der Waals surface area contributed by atoms with Crippen LogP contribution in [0, 0.1) is 60.7 Å². The summed E-state index contributed by atoms with van der Waals surface area (Å²) in [6.07, 6.45) is 48.3. The van der Waals surface area contributed by atoms with Crippen molar-refractivity contribution >= 4 is 440 Å². The molecule has 2 N–H and O–H groups in total. The molecule has 5 aromatic carbocycles. The Kier molecular flexibility index (Phi) is 133. The number of hydrogen-bond acceptors (Lipinski definition) is 15. The normalized spacial score (nSPS) is 9.69. The Bertz CT molecular complexity index is 5900. The van der Waals surface area contributed by atoms with Crippen LogP contribution in [0.15, 0.2) is 133 Å². The maximum absolute atomic E-state index is 11.9. The summed E-state index contributed by atoms with van der Waals surface area (Å²) < 4.78 is 16.9. The number of unbranched alkanes of at least 4 members (excludes halogenated alkanes) is 13. The third-order valence-electron chi connectivity index (χ3n) is 13.2. The molecule has 0 heterocycles. The fraction of sp³-hybridized carbons (Fsp3) is 0.423. The first kappa shape index (κ1) is 141. The zero-order chi connectivity index (χ0) is 94.7. The first-order valence-electron chi connectivity index (χ1n) is 36.8. The van der Waals surface area contributed by atoms with E-state index in [4.69, 9.17) is 34.0 Å². The molecule has 0 fully saturated rings. The Hall–Kier alpha value is 2.00. The SMILES string of the molecule is C.C#CCCCC/C=C/c1ccccc1.C#CCCCCC=O.C#CCCCCCO.CC(=O)C#CCCCC/C=C/c1ccccc1.CC(=O)c1c2c(cc3ccccc13)CCCC2.CCCC#CCCO.CCOP(C)(=O)Cc1ccccc1.S=S=S=S=S=S=S=S=S.S=S=S=S=S=S=S=S=S=S.S=S=S=S=S=S=S=S=S=S=S.S=S=S=S=S=S=S=S=S=S=S=S. The quantitative estimate of drug-likeness (QED) is 0.0144. The van der Waals surface area contributed by atoms with Gasteiger partial charge in [-0.1, -0.05) is 172 Å². The van der Waals surface area contributed by atoms with Crippen molar-refractivity contribution in [3.8, 4) is 60.7 Å². The van der Waals surface area contributed by atoms with Crippen LogP contribution >= 0.6 is 7.37 Å². The highest BCUT2D eigenvalue weighted by Gasteiger charge is 2.19. The lowest BCUT2D eigenvalue weighted by atomic mass is 9.84. The summed E-state index contributed by atoms with van der Waals surface area (Å²) >= 11 is 37.3. The zero-order valence-corrected chi connectivity index (χ0v) is 104. The van der Waals surface area contributed by atoms with E-state index in [0.29, 0.717) is 32.2 Å². The van der Waals surface area contributed by atoms with Gasteiger partial charge in [-0.15, -0.1) is 48.9 Å². The van der Waals surface area contributed by atoms with Crippen LogP contribution in [0.2, 0.25) is 0 Å². The summed E-state index contributed by atoms with van der Waals surface area (Å²) in [5.74, 6) is 19.1. The largest absolute Gasteiger partial charge is 0.396 e. The molecule has 0 saturated carbocycles. The average Bonchev–Trinajstić information content (AvgIpc) is 0.772. The number of ketones is 2. The van der Waals surface area contributed by atoms with Gasteiger partial charge in [0, 0.05) is 468 Å². The zero-order valence-electron chi connectivity index (χ0n) is 69.3. The van der Waals surface area contributed by atoms with E-state index in [1.54, 1.807) is 244 Å². The number of hydrogen-bond donors (Lipinski definition) is 2. The van der Waals surface area contributed by atoms with E-state index in [1.807, 2.05) is 73.7 Å². The number of terminal acetylenes is 3. The van der Waals surface area contributed by atoms with E-state index in [2.05, 4.69) is 217 Å². The minimum atomic E-state index is -2.41. The van der Waals surface area contributed by atoms with E-state index in [9.17, 15) is 18.9 Å². The first-order chi connectivity index (χ1) is 62.0. The van der Waals surface area contributed by atoms with E-state index in [0.717, 1.165) is 138 Å². The van der Waals surface area contributed by atoms with Crippen LogP contribution in [0.3, 0.4) is 0 Å². The number of allylic oxidation sites excluding steroid dienone is 2. The maximum atomic E-state index is 11.9.